The van der Waals surface area contributed by atoms with Gasteiger partial charge in [-0.2, -0.15) is 0 Å². The lowest BCUT2D eigenvalue weighted by Gasteiger charge is -2.01. The number of rotatable bonds is 3. The van der Waals surface area contributed by atoms with Crippen molar-refractivity contribution in [3.05, 3.63) is 29.8 Å². The van der Waals surface area contributed by atoms with Crippen molar-refractivity contribution >= 4 is 17.6 Å². The summed E-state index contributed by atoms with van der Waals surface area (Å²) in [5.41, 5.74) is 0.192. The number of hydrogen-bond acceptors (Lipinski definition) is 2. The van der Waals surface area contributed by atoms with E-state index in [1.54, 1.807) is 12.1 Å². The molecule has 0 heterocycles. The van der Waals surface area contributed by atoms with Gasteiger partial charge in [-0.1, -0.05) is 17.7 Å². The summed E-state index contributed by atoms with van der Waals surface area (Å²) in [6.45, 7) is 0. The fourth-order valence-electron chi connectivity index (χ4n) is 0.782. The molecule has 1 N–H and O–H groups in total. The molecule has 0 atom stereocenters. The van der Waals surface area contributed by atoms with Crippen LogP contribution in [0.15, 0.2) is 24.3 Å². The van der Waals surface area contributed by atoms with Gasteiger partial charge in [0.2, 0.25) is 0 Å². The van der Waals surface area contributed by atoms with Gasteiger partial charge in [0.25, 0.3) is 0 Å². The van der Waals surface area contributed by atoms with Crippen LogP contribution in [0.2, 0.25) is 0 Å². The first kappa shape index (κ1) is 8.87. The van der Waals surface area contributed by atoms with Crippen molar-refractivity contribution in [1.29, 1.82) is 0 Å². The average Bonchev–Trinajstić information content (AvgIpc) is 2.05. The Labute approximate surface area is 74.5 Å². The molecule has 1 rings (SSSR count). The second kappa shape index (κ2) is 3.97. The van der Waals surface area contributed by atoms with Crippen LogP contribution in [0.5, 0.6) is 5.75 Å². The van der Waals surface area contributed by atoms with Crippen molar-refractivity contribution in [2.45, 2.75) is 0 Å². The lowest BCUT2D eigenvalue weighted by molar-refractivity contribution is 0.0696. The molecule has 12 heavy (non-hydrogen) atoms. The van der Waals surface area contributed by atoms with E-state index in [9.17, 15) is 4.79 Å². The number of benzene rings is 1. The normalized spacial score (nSPS) is 9.42. The fourth-order valence-corrected chi connectivity index (χ4v) is 0.908. The minimum absolute atomic E-state index is 0.0169. The first-order chi connectivity index (χ1) is 5.74. The highest BCUT2D eigenvalue weighted by Gasteiger charge is 2.02. The standard InChI is InChI=1S/C8H7ClO3/c9-5-12-7-3-1-2-6(4-7)8(10)11/h1-4H,5H2,(H,10,11). The Balaban J connectivity index is 2.88. The molecular formula is C8H7ClO3. The highest BCUT2D eigenvalue weighted by atomic mass is 35.5. The van der Waals surface area contributed by atoms with Gasteiger partial charge in [-0.05, 0) is 18.2 Å². The third-order valence-electron chi connectivity index (χ3n) is 1.30. The molecule has 0 saturated carbocycles. The Morgan fingerprint density at radius 3 is 2.92 bits per heavy atom. The van der Waals surface area contributed by atoms with Crippen LogP contribution in [0.1, 0.15) is 10.4 Å². The maximum absolute atomic E-state index is 10.5. The third-order valence-corrected chi connectivity index (χ3v) is 1.41. The van der Waals surface area contributed by atoms with Crippen molar-refractivity contribution in [2.75, 3.05) is 6.07 Å². The summed E-state index contributed by atoms with van der Waals surface area (Å²) in [6, 6.07) is 6.18. The van der Waals surface area contributed by atoms with E-state index in [0.717, 1.165) is 0 Å². The third kappa shape index (κ3) is 2.13. The molecule has 3 nitrogen and oxygen atoms in total. The van der Waals surface area contributed by atoms with Gasteiger partial charge in [-0.3, -0.25) is 0 Å². The Morgan fingerprint density at radius 2 is 2.33 bits per heavy atom. The van der Waals surface area contributed by atoms with Gasteiger partial charge < -0.3 is 9.84 Å². The van der Waals surface area contributed by atoms with Crippen LogP contribution in [0.4, 0.5) is 0 Å². The maximum Gasteiger partial charge on any atom is 0.335 e. The largest absolute Gasteiger partial charge is 0.478 e. The van der Waals surface area contributed by atoms with E-state index >= 15 is 0 Å². The van der Waals surface area contributed by atoms with Gasteiger partial charge in [-0.15, -0.1) is 0 Å². The monoisotopic (exact) mass is 186 g/mol. The van der Waals surface area contributed by atoms with Gasteiger partial charge >= 0.3 is 5.97 Å². The summed E-state index contributed by atoms with van der Waals surface area (Å²) in [7, 11) is 0. The number of carboxylic acids is 1. The summed E-state index contributed by atoms with van der Waals surface area (Å²) in [6.07, 6.45) is 0. The van der Waals surface area contributed by atoms with Crippen LogP contribution >= 0.6 is 11.6 Å². The zero-order valence-electron chi connectivity index (χ0n) is 6.16. The molecule has 0 bridgehead atoms. The van der Waals surface area contributed by atoms with E-state index in [1.165, 1.54) is 12.1 Å². The number of hydrogen-bond donors (Lipinski definition) is 1. The van der Waals surface area contributed by atoms with E-state index in [1.807, 2.05) is 0 Å². The molecular weight excluding hydrogens is 180 g/mol. The van der Waals surface area contributed by atoms with Gasteiger partial charge in [0.05, 0.1) is 5.56 Å². The van der Waals surface area contributed by atoms with Crippen molar-refractivity contribution in [3.63, 3.8) is 0 Å². The SMILES string of the molecule is O=C(O)c1cccc(OCCl)c1. The van der Waals surface area contributed by atoms with E-state index in [4.69, 9.17) is 21.4 Å². The molecule has 0 saturated heterocycles. The predicted molar refractivity (Wildman–Crippen MR) is 44.7 cm³/mol. The maximum atomic E-state index is 10.5. The molecule has 0 aliphatic rings. The van der Waals surface area contributed by atoms with E-state index in [2.05, 4.69) is 0 Å². The Kier molecular flexibility index (Phi) is 2.94. The van der Waals surface area contributed by atoms with Gasteiger partial charge in [0.15, 0.2) is 6.07 Å². The molecule has 0 amide bonds. The fraction of sp³-hybridized carbons (Fsp3) is 0.125. The molecule has 0 spiro atoms. The Morgan fingerprint density at radius 1 is 1.58 bits per heavy atom. The van der Waals surface area contributed by atoms with Gasteiger partial charge in [0.1, 0.15) is 5.75 Å². The van der Waals surface area contributed by atoms with Crippen LogP contribution in [-0.4, -0.2) is 17.1 Å². The molecule has 1 aromatic rings. The summed E-state index contributed by atoms with van der Waals surface area (Å²) in [5, 5.41) is 8.59. The lowest BCUT2D eigenvalue weighted by Crippen LogP contribution is -1.97. The molecule has 0 aliphatic carbocycles. The zero-order valence-corrected chi connectivity index (χ0v) is 6.91. The van der Waals surface area contributed by atoms with Crippen LogP contribution in [0.3, 0.4) is 0 Å². The summed E-state index contributed by atoms with van der Waals surface area (Å²) >= 11 is 5.30. The second-order valence-corrected chi connectivity index (χ2v) is 2.30. The summed E-state index contributed by atoms with van der Waals surface area (Å²) < 4.78 is 4.90. The molecule has 0 radical (unpaired) electrons. The second-order valence-electron chi connectivity index (χ2n) is 2.09. The van der Waals surface area contributed by atoms with Gasteiger partial charge in [-0.25, -0.2) is 4.79 Å². The smallest absolute Gasteiger partial charge is 0.335 e. The average molecular weight is 187 g/mol. The first-order valence-electron chi connectivity index (χ1n) is 3.26. The number of carboxylic acid groups (broad SMARTS) is 1. The highest BCUT2D eigenvalue weighted by molar-refractivity contribution is 6.17. The molecule has 0 aromatic heterocycles. The number of halogens is 1. The van der Waals surface area contributed by atoms with Crippen molar-refractivity contribution in [2.24, 2.45) is 0 Å². The number of carbonyl (C=O) groups is 1. The molecule has 64 valence electrons. The molecule has 0 unspecified atom stereocenters. The van der Waals surface area contributed by atoms with E-state index in [-0.39, 0.29) is 11.6 Å². The Bertz CT molecular complexity index is 285. The van der Waals surface area contributed by atoms with Crippen molar-refractivity contribution < 1.29 is 14.6 Å². The molecule has 0 fully saturated rings. The van der Waals surface area contributed by atoms with Crippen LogP contribution in [-0.2, 0) is 0 Å². The molecule has 4 heteroatoms. The van der Waals surface area contributed by atoms with Crippen molar-refractivity contribution in [1.82, 2.24) is 0 Å². The summed E-state index contributed by atoms with van der Waals surface area (Å²) in [4.78, 5) is 10.5. The quantitative estimate of drug-likeness (QED) is 0.734. The highest BCUT2D eigenvalue weighted by Crippen LogP contribution is 2.13. The zero-order chi connectivity index (χ0) is 8.97. The topological polar surface area (TPSA) is 46.5 Å². The van der Waals surface area contributed by atoms with Crippen LogP contribution < -0.4 is 4.74 Å². The predicted octanol–water partition coefficient (Wildman–Crippen LogP) is 1.96. The molecule has 1 aromatic carbocycles. The minimum Gasteiger partial charge on any atom is -0.478 e. The van der Waals surface area contributed by atoms with Gasteiger partial charge in [0, 0.05) is 0 Å². The number of ether oxygens (including phenoxy) is 1. The van der Waals surface area contributed by atoms with E-state index < -0.39 is 5.97 Å². The lowest BCUT2D eigenvalue weighted by atomic mass is 10.2. The minimum atomic E-state index is -0.977. The number of alkyl halides is 1. The van der Waals surface area contributed by atoms with Crippen LogP contribution in [0.25, 0.3) is 0 Å². The molecule has 0 aliphatic heterocycles. The van der Waals surface area contributed by atoms with E-state index in [0.29, 0.717) is 5.75 Å². The number of aromatic carboxylic acids is 1. The first-order valence-corrected chi connectivity index (χ1v) is 3.79. The Hall–Kier alpha value is -1.22. The van der Waals surface area contributed by atoms with Crippen LogP contribution in [0, 0.1) is 0 Å². The summed E-state index contributed by atoms with van der Waals surface area (Å²) in [5.74, 6) is -0.514. The van der Waals surface area contributed by atoms with Crippen molar-refractivity contribution in [3.8, 4) is 5.75 Å².